The van der Waals surface area contributed by atoms with E-state index in [2.05, 4.69) is 37.2 Å². The van der Waals surface area contributed by atoms with Crippen LogP contribution in [-0.4, -0.2) is 7.05 Å². The molecule has 0 saturated carbocycles. The van der Waals surface area contributed by atoms with Crippen molar-refractivity contribution in [3.63, 3.8) is 0 Å². The van der Waals surface area contributed by atoms with Gasteiger partial charge in [-0.1, -0.05) is 0 Å². The van der Waals surface area contributed by atoms with Crippen LogP contribution in [0.5, 0.6) is 0 Å². The predicted molar refractivity (Wildman–Crippen MR) is 82.6 cm³/mol. The zero-order valence-electron chi connectivity index (χ0n) is 9.58. The van der Waals surface area contributed by atoms with Crippen LogP contribution in [0.2, 0.25) is 0 Å². The fourth-order valence-electron chi connectivity index (χ4n) is 1.67. The Balaban J connectivity index is 2.23. The molecule has 0 aliphatic rings. The Labute approximate surface area is 126 Å². The molecule has 0 saturated heterocycles. The molecule has 2 nitrogen and oxygen atoms in total. The average Bonchev–Trinajstić information content (AvgIpc) is 2.69. The molecule has 1 aromatic heterocycles. The third-order valence-electron chi connectivity index (χ3n) is 2.52. The molecule has 0 aliphatic heterocycles. The molecule has 2 aromatic rings. The number of nitrogens with two attached hydrogens (primary N) is 1. The van der Waals surface area contributed by atoms with Gasteiger partial charge in [-0.3, -0.25) is 0 Å². The lowest BCUT2D eigenvalue weighted by Crippen LogP contribution is -2.17. The maximum absolute atomic E-state index is 13.5. The number of thiophene rings is 1. The van der Waals surface area contributed by atoms with Crippen LogP contribution >= 0.6 is 43.2 Å². The molecular weight excluding hydrogens is 383 g/mol. The third kappa shape index (κ3) is 3.05. The van der Waals surface area contributed by atoms with Gasteiger partial charge in [0.05, 0.1) is 19.6 Å². The zero-order valence-corrected chi connectivity index (χ0v) is 13.6. The fourth-order valence-corrected chi connectivity index (χ4v) is 3.23. The molecule has 2 N–H and O–H groups in total. The quantitative estimate of drug-likeness (QED) is 0.770. The molecule has 6 heteroatoms. The van der Waals surface area contributed by atoms with Crippen molar-refractivity contribution in [2.75, 3.05) is 17.7 Å². The molecule has 0 spiro atoms. The number of halogens is 3. The Kier molecular flexibility index (Phi) is 4.29. The summed E-state index contributed by atoms with van der Waals surface area (Å²) >= 11 is 8.17. The van der Waals surface area contributed by atoms with Gasteiger partial charge in [0.25, 0.3) is 0 Å². The molecule has 1 heterocycles. The Morgan fingerprint density at radius 2 is 2.06 bits per heavy atom. The van der Waals surface area contributed by atoms with E-state index in [9.17, 15) is 4.39 Å². The van der Waals surface area contributed by atoms with Gasteiger partial charge in [0.1, 0.15) is 5.82 Å². The first-order chi connectivity index (χ1) is 8.47. The topological polar surface area (TPSA) is 29.3 Å². The SMILES string of the molecule is CN(Cc1csc(Br)c1)c1cc(F)c(Br)cc1N. The highest BCUT2D eigenvalue weighted by atomic mass is 79.9. The third-order valence-corrected chi connectivity index (χ3v) is 4.68. The largest absolute Gasteiger partial charge is 0.397 e. The molecule has 0 aliphatic carbocycles. The molecule has 0 bridgehead atoms. The van der Waals surface area contributed by atoms with Crippen LogP contribution in [0.25, 0.3) is 0 Å². The predicted octanol–water partition coefficient (Wildman–Crippen LogP) is 4.63. The van der Waals surface area contributed by atoms with Crippen molar-refractivity contribution in [3.05, 3.63) is 43.2 Å². The molecule has 0 unspecified atom stereocenters. The van der Waals surface area contributed by atoms with E-state index in [1.807, 2.05) is 18.0 Å². The number of anilines is 2. The molecular formula is C12H11Br2FN2S. The summed E-state index contributed by atoms with van der Waals surface area (Å²) in [6, 6.07) is 5.08. The molecule has 0 amide bonds. The minimum Gasteiger partial charge on any atom is -0.397 e. The van der Waals surface area contributed by atoms with Gasteiger partial charge in [-0.25, -0.2) is 4.39 Å². The highest BCUT2D eigenvalue weighted by Gasteiger charge is 2.11. The van der Waals surface area contributed by atoms with Gasteiger partial charge in [-0.15, -0.1) is 11.3 Å². The summed E-state index contributed by atoms with van der Waals surface area (Å²) in [5.41, 5.74) is 8.32. The monoisotopic (exact) mass is 392 g/mol. The smallest absolute Gasteiger partial charge is 0.139 e. The Morgan fingerprint density at radius 1 is 1.33 bits per heavy atom. The van der Waals surface area contributed by atoms with E-state index in [4.69, 9.17) is 5.73 Å². The number of nitrogens with zero attached hydrogens (tertiary/aromatic N) is 1. The minimum absolute atomic E-state index is 0.308. The molecule has 18 heavy (non-hydrogen) atoms. The van der Waals surface area contributed by atoms with Crippen molar-refractivity contribution in [1.29, 1.82) is 0 Å². The van der Waals surface area contributed by atoms with E-state index in [0.29, 0.717) is 22.4 Å². The first-order valence-corrected chi connectivity index (χ1v) is 7.62. The first kappa shape index (κ1) is 13.8. The number of benzene rings is 1. The van der Waals surface area contributed by atoms with Crippen LogP contribution in [0.3, 0.4) is 0 Å². The molecule has 2 rings (SSSR count). The lowest BCUT2D eigenvalue weighted by molar-refractivity contribution is 0.620. The number of rotatable bonds is 3. The van der Waals surface area contributed by atoms with Gasteiger partial charge in [0.2, 0.25) is 0 Å². The van der Waals surface area contributed by atoms with Crippen molar-refractivity contribution in [2.24, 2.45) is 0 Å². The first-order valence-electron chi connectivity index (χ1n) is 5.16. The van der Waals surface area contributed by atoms with Gasteiger partial charge in [-0.05, 0) is 54.9 Å². The van der Waals surface area contributed by atoms with Crippen molar-refractivity contribution in [2.45, 2.75) is 6.54 Å². The van der Waals surface area contributed by atoms with E-state index >= 15 is 0 Å². The average molecular weight is 394 g/mol. The van der Waals surface area contributed by atoms with Crippen LogP contribution in [-0.2, 0) is 6.54 Å². The molecule has 96 valence electrons. The highest BCUT2D eigenvalue weighted by molar-refractivity contribution is 9.11. The highest BCUT2D eigenvalue weighted by Crippen LogP contribution is 2.30. The second kappa shape index (κ2) is 5.59. The van der Waals surface area contributed by atoms with E-state index in [0.717, 1.165) is 9.35 Å². The van der Waals surface area contributed by atoms with Crippen LogP contribution in [0.15, 0.2) is 31.8 Å². The van der Waals surface area contributed by atoms with Gasteiger partial charge in [-0.2, -0.15) is 0 Å². The summed E-state index contributed by atoms with van der Waals surface area (Å²) in [7, 11) is 1.89. The summed E-state index contributed by atoms with van der Waals surface area (Å²) in [4.78, 5) is 1.93. The molecule has 0 radical (unpaired) electrons. The van der Waals surface area contributed by atoms with Gasteiger partial charge in [0.15, 0.2) is 0 Å². The summed E-state index contributed by atoms with van der Waals surface area (Å²) in [6.45, 7) is 0.688. The summed E-state index contributed by atoms with van der Waals surface area (Å²) in [5.74, 6) is -0.308. The molecule has 0 fully saturated rings. The van der Waals surface area contributed by atoms with Crippen molar-refractivity contribution < 1.29 is 4.39 Å². The maximum atomic E-state index is 13.5. The van der Waals surface area contributed by atoms with Crippen LogP contribution in [0.1, 0.15) is 5.56 Å². The van der Waals surface area contributed by atoms with E-state index in [1.165, 1.54) is 6.07 Å². The summed E-state index contributed by atoms with van der Waals surface area (Å²) in [5, 5.41) is 2.06. The Hall–Kier alpha value is -0.590. The maximum Gasteiger partial charge on any atom is 0.139 e. The standard InChI is InChI=1S/C12H11Br2FN2S/c1-17(5-7-2-12(14)18-6-7)11-4-9(15)8(13)3-10(11)16/h2-4,6H,5,16H2,1H3. The number of nitrogen functional groups attached to an aromatic ring is 1. The van der Waals surface area contributed by atoms with Crippen LogP contribution in [0, 0.1) is 5.82 Å². The van der Waals surface area contributed by atoms with Gasteiger partial charge >= 0.3 is 0 Å². The van der Waals surface area contributed by atoms with Crippen molar-refractivity contribution in [1.82, 2.24) is 0 Å². The molecule has 1 aromatic carbocycles. The second-order valence-electron chi connectivity index (χ2n) is 3.94. The number of hydrogen-bond donors (Lipinski definition) is 1. The van der Waals surface area contributed by atoms with Gasteiger partial charge < -0.3 is 10.6 Å². The number of hydrogen-bond acceptors (Lipinski definition) is 3. The fraction of sp³-hybridized carbons (Fsp3) is 0.167. The van der Waals surface area contributed by atoms with Crippen molar-refractivity contribution in [3.8, 4) is 0 Å². The summed E-state index contributed by atoms with van der Waals surface area (Å²) in [6.07, 6.45) is 0. The summed E-state index contributed by atoms with van der Waals surface area (Å²) < 4.78 is 15.0. The van der Waals surface area contributed by atoms with E-state index < -0.39 is 0 Å². The Bertz CT molecular complexity index is 571. The minimum atomic E-state index is -0.308. The van der Waals surface area contributed by atoms with Gasteiger partial charge in [0, 0.05) is 19.7 Å². The lowest BCUT2D eigenvalue weighted by Gasteiger charge is -2.21. The molecule has 0 atom stereocenters. The Morgan fingerprint density at radius 3 is 2.67 bits per heavy atom. The van der Waals surface area contributed by atoms with E-state index in [-0.39, 0.29) is 5.82 Å². The normalized spacial score (nSPS) is 10.7. The zero-order chi connectivity index (χ0) is 13.3. The van der Waals surface area contributed by atoms with Crippen LogP contribution < -0.4 is 10.6 Å². The second-order valence-corrected chi connectivity index (χ2v) is 7.09. The van der Waals surface area contributed by atoms with Crippen molar-refractivity contribution >= 4 is 54.6 Å². The lowest BCUT2D eigenvalue weighted by atomic mass is 10.2. The van der Waals surface area contributed by atoms with Crippen LogP contribution in [0.4, 0.5) is 15.8 Å². The van der Waals surface area contributed by atoms with E-state index in [1.54, 1.807) is 17.4 Å².